The zero-order valence-corrected chi connectivity index (χ0v) is 17.2. The number of hydrogen-bond donors (Lipinski definition) is 2. The third-order valence-electron chi connectivity index (χ3n) is 6.80. The second-order valence-electron chi connectivity index (χ2n) is 8.73. The summed E-state index contributed by atoms with van der Waals surface area (Å²) in [5.41, 5.74) is 6.41. The molecule has 0 bridgehead atoms. The summed E-state index contributed by atoms with van der Waals surface area (Å²) in [5, 5.41) is 3.45. The predicted molar refractivity (Wildman–Crippen MR) is 108 cm³/mol. The normalized spacial score (nSPS) is 26.6. The zero-order chi connectivity index (χ0) is 18.8. The molecular weight excluding hydrogens is 324 g/mol. The molecule has 0 aromatic rings. The van der Waals surface area contributed by atoms with Crippen molar-refractivity contribution < 1.29 is 9.53 Å². The molecule has 1 aliphatic heterocycles. The summed E-state index contributed by atoms with van der Waals surface area (Å²) in [6.45, 7) is 6.45. The summed E-state index contributed by atoms with van der Waals surface area (Å²) in [4.78, 5) is 12.9. The molecule has 1 aliphatic carbocycles. The monoisotopic (exact) mass is 366 g/mol. The van der Waals surface area contributed by atoms with Crippen LogP contribution in [0.4, 0.5) is 0 Å². The molecule has 3 unspecified atom stereocenters. The molecule has 4 heteroatoms. The van der Waals surface area contributed by atoms with E-state index in [0.29, 0.717) is 0 Å². The van der Waals surface area contributed by atoms with Crippen LogP contribution >= 0.6 is 0 Å². The fourth-order valence-corrected chi connectivity index (χ4v) is 4.84. The van der Waals surface area contributed by atoms with E-state index in [4.69, 9.17) is 10.5 Å². The van der Waals surface area contributed by atoms with Gasteiger partial charge in [0.25, 0.3) is 0 Å². The molecule has 3 atom stereocenters. The van der Waals surface area contributed by atoms with E-state index in [1.807, 2.05) is 0 Å². The maximum absolute atomic E-state index is 12.9. The van der Waals surface area contributed by atoms with Crippen molar-refractivity contribution in [3.63, 3.8) is 0 Å². The highest BCUT2D eigenvalue weighted by atomic mass is 16.5. The first-order valence-electron chi connectivity index (χ1n) is 11.3. The van der Waals surface area contributed by atoms with Crippen molar-refractivity contribution in [1.29, 1.82) is 0 Å². The van der Waals surface area contributed by atoms with Crippen LogP contribution in [-0.2, 0) is 9.53 Å². The average Bonchev–Trinajstić information content (AvgIpc) is 2.65. The van der Waals surface area contributed by atoms with Gasteiger partial charge in [-0.1, -0.05) is 52.4 Å². The number of hydrogen-bond acceptors (Lipinski definition) is 4. The van der Waals surface area contributed by atoms with Crippen molar-refractivity contribution in [3.8, 4) is 0 Å². The highest BCUT2D eigenvalue weighted by Gasteiger charge is 2.46. The Bertz CT molecular complexity index is 407. The Morgan fingerprint density at radius 3 is 2.50 bits per heavy atom. The van der Waals surface area contributed by atoms with Gasteiger partial charge in [-0.25, -0.2) is 0 Å². The Labute approximate surface area is 161 Å². The standard InChI is InChI=1S/C22H42N2O2/c1-3-5-6-7-8-9-10-18(4-2)21(25)26-20-17-19(23)11-12-22(20)13-15-24-16-14-22/h18-20,24H,3-17,23H2,1-2H3. The molecule has 1 saturated heterocycles. The highest BCUT2D eigenvalue weighted by molar-refractivity contribution is 5.72. The molecule has 1 heterocycles. The summed E-state index contributed by atoms with van der Waals surface area (Å²) < 4.78 is 6.16. The van der Waals surface area contributed by atoms with E-state index in [0.717, 1.165) is 64.5 Å². The molecule has 0 amide bonds. The van der Waals surface area contributed by atoms with Crippen LogP contribution in [0, 0.1) is 11.3 Å². The lowest BCUT2D eigenvalue weighted by Crippen LogP contribution is -2.52. The molecule has 1 saturated carbocycles. The lowest BCUT2D eigenvalue weighted by atomic mass is 9.65. The zero-order valence-electron chi connectivity index (χ0n) is 17.2. The van der Waals surface area contributed by atoms with E-state index in [9.17, 15) is 4.79 Å². The van der Waals surface area contributed by atoms with Gasteiger partial charge in [0.2, 0.25) is 0 Å². The quantitative estimate of drug-likeness (QED) is 0.439. The SMILES string of the molecule is CCCCCCCCC(CC)C(=O)OC1CC(N)CCC12CCNCC2. The minimum Gasteiger partial charge on any atom is -0.462 e. The Hall–Kier alpha value is -0.610. The Balaban J connectivity index is 1.83. The van der Waals surface area contributed by atoms with Crippen molar-refractivity contribution >= 4 is 5.97 Å². The molecule has 2 aliphatic rings. The lowest BCUT2D eigenvalue weighted by Gasteiger charge is -2.48. The Kier molecular flexibility index (Phi) is 9.41. The van der Waals surface area contributed by atoms with Gasteiger partial charge in [-0.2, -0.15) is 0 Å². The second kappa shape index (κ2) is 11.3. The first-order chi connectivity index (χ1) is 12.6. The van der Waals surface area contributed by atoms with Gasteiger partial charge in [0.05, 0.1) is 5.92 Å². The molecule has 26 heavy (non-hydrogen) atoms. The fourth-order valence-electron chi connectivity index (χ4n) is 4.84. The summed E-state index contributed by atoms with van der Waals surface area (Å²) in [5.74, 6) is 0.108. The van der Waals surface area contributed by atoms with Crippen molar-refractivity contribution in [1.82, 2.24) is 5.32 Å². The highest BCUT2D eigenvalue weighted by Crippen LogP contribution is 2.45. The third kappa shape index (κ3) is 6.23. The van der Waals surface area contributed by atoms with Gasteiger partial charge in [0.15, 0.2) is 0 Å². The number of unbranched alkanes of at least 4 members (excludes halogenated alkanes) is 5. The topological polar surface area (TPSA) is 64.3 Å². The van der Waals surface area contributed by atoms with Crippen LogP contribution in [0.5, 0.6) is 0 Å². The van der Waals surface area contributed by atoms with Crippen molar-refractivity contribution in [2.45, 2.75) is 109 Å². The molecule has 0 aromatic heterocycles. The number of carbonyl (C=O) groups is 1. The molecule has 4 nitrogen and oxygen atoms in total. The minimum atomic E-state index is 0.0273. The van der Waals surface area contributed by atoms with E-state index in [1.54, 1.807) is 0 Å². The summed E-state index contributed by atoms with van der Waals surface area (Å²) >= 11 is 0. The molecular formula is C22H42N2O2. The predicted octanol–water partition coefficient (Wildman–Crippen LogP) is 4.56. The van der Waals surface area contributed by atoms with Crippen LogP contribution in [0.1, 0.15) is 97.3 Å². The first kappa shape index (κ1) is 21.7. The number of ether oxygens (including phenoxy) is 1. The third-order valence-corrected chi connectivity index (χ3v) is 6.80. The molecule has 0 aromatic carbocycles. The lowest BCUT2D eigenvalue weighted by molar-refractivity contribution is -0.167. The van der Waals surface area contributed by atoms with Gasteiger partial charge in [-0.15, -0.1) is 0 Å². The number of esters is 1. The number of nitrogens with two attached hydrogens (primary N) is 1. The molecule has 2 rings (SSSR count). The van der Waals surface area contributed by atoms with Gasteiger partial charge in [-0.3, -0.25) is 4.79 Å². The van der Waals surface area contributed by atoms with E-state index in [-0.39, 0.29) is 29.4 Å². The van der Waals surface area contributed by atoms with E-state index in [1.165, 1.54) is 32.1 Å². The fraction of sp³-hybridized carbons (Fsp3) is 0.955. The number of nitrogens with one attached hydrogen (secondary N) is 1. The van der Waals surface area contributed by atoms with Crippen molar-refractivity contribution in [3.05, 3.63) is 0 Å². The maximum atomic E-state index is 12.9. The van der Waals surface area contributed by atoms with E-state index >= 15 is 0 Å². The van der Waals surface area contributed by atoms with Crippen LogP contribution in [0.25, 0.3) is 0 Å². The largest absolute Gasteiger partial charge is 0.462 e. The number of carbonyl (C=O) groups excluding carboxylic acids is 1. The summed E-state index contributed by atoms with van der Waals surface area (Å²) in [6.07, 6.45) is 14.8. The van der Waals surface area contributed by atoms with Gasteiger partial charge < -0.3 is 15.8 Å². The molecule has 3 N–H and O–H groups in total. The molecule has 1 spiro atoms. The van der Waals surface area contributed by atoms with Gasteiger partial charge in [0.1, 0.15) is 6.10 Å². The second-order valence-corrected chi connectivity index (χ2v) is 8.73. The van der Waals surface area contributed by atoms with Gasteiger partial charge in [-0.05, 0) is 51.6 Å². The van der Waals surface area contributed by atoms with Crippen LogP contribution < -0.4 is 11.1 Å². The van der Waals surface area contributed by atoms with Gasteiger partial charge in [0, 0.05) is 17.9 Å². The van der Waals surface area contributed by atoms with Crippen LogP contribution in [-0.4, -0.2) is 31.2 Å². The minimum absolute atomic E-state index is 0.0273. The van der Waals surface area contributed by atoms with E-state index < -0.39 is 0 Å². The molecule has 0 radical (unpaired) electrons. The van der Waals surface area contributed by atoms with Crippen molar-refractivity contribution in [2.75, 3.05) is 13.1 Å². The number of piperidine rings is 1. The van der Waals surface area contributed by atoms with Crippen LogP contribution in [0.3, 0.4) is 0 Å². The van der Waals surface area contributed by atoms with Gasteiger partial charge >= 0.3 is 5.97 Å². The molecule has 2 fully saturated rings. The van der Waals surface area contributed by atoms with Crippen molar-refractivity contribution in [2.24, 2.45) is 17.1 Å². The summed E-state index contributed by atoms with van der Waals surface area (Å²) in [7, 11) is 0. The van der Waals surface area contributed by atoms with Crippen LogP contribution in [0.2, 0.25) is 0 Å². The summed E-state index contributed by atoms with van der Waals surface area (Å²) in [6, 6.07) is 0.187. The Morgan fingerprint density at radius 1 is 1.12 bits per heavy atom. The Morgan fingerprint density at radius 2 is 1.81 bits per heavy atom. The molecule has 152 valence electrons. The van der Waals surface area contributed by atoms with Crippen LogP contribution in [0.15, 0.2) is 0 Å². The van der Waals surface area contributed by atoms with E-state index in [2.05, 4.69) is 19.2 Å². The first-order valence-corrected chi connectivity index (χ1v) is 11.3. The number of rotatable bonds is 10. The maximum Gasteiger partial charge on any atom is 0.309 e. The average molecular weight is 367 g/mol. The smallest absolute Gasteiger partial charge is 0.309 e.